The number of carbonyl (C=O) groups excluding carboxylic acids is 1. The molecule has 146 valence electrons. The Morgan fingerprint density at radius 2 is 1.96 bits per heavy atom. The van der Waals surface area contributed by atoms with E-state index >= 15 is 0 Å². The average molecular weight is 412 g/mol. The third kappa shape index (κ3) is 4.17. The second kappa shape index (κ2) is 8.00. The van der Waals surface area contributed by atoms with E-state index in [0.29, 0.717) is 30.1 Å². The lowest BCUT2D eigenvalue weighted by Crippen LogP contribution is -2.43. The van der Waals surface area contributed by atoms with E-state index in [-0.39, 0.29) is 35.6 Å². The summed E-state index contributed by atoms with van der Waals surface area (Å²) in [6.07, 6.45) is 0.938. The van der Waals surface area contributed by atoms with Crippen molar-refractivity contribution in [3.63, 3.8) is 0 Å². The van der Waals surface area contributed by atoms with Crippen LogP contribution in [0.2, 0.25) is 5.02 Å². The number of rotatable bonds is 5. The molecule has 1 saturated heterocycles. The maximum atomic E-state index is 12.8. The molecule has 9 heteroatoms. The van der Waals surface area contributed by atoms with Crippen LogP contribution in [-0.4, -0.2) is 36.9 Å². The average Bonchev–Trinajstić information content (AvgIpc) is 3.00. The summed E-state index contributed by atoms with van der Waals surface area (Å²) in [5.74, 6) is -0.0139. The Morgan fingerprint density at radius 1 is 1.30 bits per heavy atom. The van der Waals surface area contributed by atoms with Gasteiger partial charge in [0.15, 0.2) is 5.76 Å². The van der Waals surface area contributed by atoms with Gasteiger partial charge in [0.1, 0.15) is 10.6 Å². The second-order valence-electron chi connectivity index (χ2n) is 6.64. The van der Waals surface area contributed by atoms with Crippen LogP contribution in [0.4, 0.5) is 0 Å². The van der Waals surface area contributed by atoms with E-state index in [1.807, 2.05) is 18.2 Å². The van der Waals surface area contributed by atoms with Crippen LogP contribution in [-0.2, 0) is 21.4 Å². The van der Waals surface area contributed by atoms with Crippen LogP contribution in [0.3, 0.4) is 0 Å². The molecule has 0 radical (unpaired) electrons. The van der Waals surface area contributed by atoms with Gasteiger partial charge in [0.25, 0.3) is 0 Å². The molecule has 1 amide bonds. The number of halogens is 1. The highest BCUT2D eigenvalue weighted by molar-refractivity contribution is 7.89. The quantitative estimate of drug-likeness (QED) is 0.816. The number of benzene rings is 1. The summed E-state index contributed by atoms with van der Waals surface area (Å²) in [4.78, 5) is 12.6. The Balaban J connectivity index is 1.58. The van der Waals surface area contributed by atoms with Gasteiger partial charge in [0, 0.05) is 30.6 Å². The summed E-state index contributed by atoms with van der Waals surface area (Å²) in [7, 11) is -3.66. The first-order valence-corrected chi connectivity index (χ1v) is 10.6. The first-order chi connectivity index (χ1) is 12.8. The number of piperidine rings is 1. The van der Waals surface area contributed by atoms with Gasteiger partial charge >= 0.3 is 0 Å². The van der Waals surface area contributed by atoms with Crippen LogP contribution >= 0.6 is 11.6 Å². The zero-order valence-corrected chi connectivity index (χ0v) is 16.8. The molecular formula is C18H22ClN3O4S. The number of carbonyl (C=O) groups is 1. The van der Waals surface area contributed by atoms with Crippen LogP contribution in [0, 0.1) is 19.8 Å². The number of aryl methyl sites for hydroxylation is 2. The van der Waals surface area contributed by atoms with Crippen LogP contribution in [0.5, 0.6) is 0 Å². The number of nitrogens with zero attached hydrogens (tertiary/aromatic N) is 2. The normalized spacial score (nSPS) is 16.4. The molecule has 1 N–H and O–H groups in total. The van der Waals surface area contributed by atoms with Crippen LogP contribution in [0.15, 0.2) is 33.7 Å². The molecule has 1 aromatic heterocycles. The van der Waals surface area contributed by atoms with E-state index < -0.39 is 10.0 Å². The molecule has 1 aromatic carbocycles. The third-order valence-corrected chi connectivity index (χ3v) is 7.31. The van der Waals surface area contributed by atoms with Crippen LogP contribution in [0.25, 0.3) is 0 Å². The molecule has 7 nitrogen and oxygen atoms in total. The van der Waals surface area contributed by atoms with Crippen molar-refractivity contribution in [1.29, 1.82) is 0 Å². The minimum Gasteiger partial charge on any atom is -0.360 e. The lowest BCUT2D eigenvalue weighted by Gasteiger charge is -2.30. The zero-order chi connectivity index (χ0) is 19.6. The monoisotopic (exact) mass is 411 g/mol. The summed E-state index contributed by atoms with van der Waals surface area (Å²) in [6, 6.07) is 7.34. The minimum atomic E-state index is -3.66. The Morgan fingerprint density at radius 3 is 2.56 bits per heavy atom. The predicted octanol–water partition coefficient (Wildman–Crippen LogP) is 2.66. The third-order valence-electron chi connectivity index (χ3n) is 4.80. The Hall–Kier alpha value is -1.90. The van der Waals surface area contributed by atoms with Crippen molar-refractivity contribution in [3.8, 4) is 0 Å². The van der Waals surface area contributed by atoms with Crippen molar-refractivity contribution in [2.75, 3.05) is 13.1 Å². The van der Waals surface area contributed by atoms with Gasteiger partial charge in [-0.1, -0.05) is 35.0 Å². The van der Waals surface area contributed by atoms with E-state index in [1.54, 1.807) is 19.9 Å². The molecule has 27 heavy (non-hydrogen) atoms. The standard InChI is InChI=1S/C18H22ClN3O4S/c1-12-17(13(2)26-21-12)27(24,25)22-9-7-14(8-10-22)18(23)20-11-15-5-3-4-6-16(15)19/h3-6,14H,7-11H2,1-2H3,(H,20,23). The van der Waals surface area contributed by atoms with Crippen molar-refractivity contribution in [1.82, 2.24) is 14.8 Å². The molecule has 1 aliphatic rings. The first-order valence-electron chi connectivity index (χ1n) is 8.75. The number of hydrogen-bond donors (Lipinski definition) is 1. The van der Waals surface area contributed by atoms with Crippen molar-refractivity contribution in [2.24, 2.45) is 5.92 Å². The SMILES string of the molecule is Cc1noc(C)c1S(=O)(=O)N1CCC(C(=O)NCc2ccccc2Cl)CC1. The Kier molecular flexibility index (Phi) is 5.88. The van der Waals surface area contributed by atoms with Gasteiger partial charge in [-0.3, -0.25) is 4.79 Å². The molecule has 1 fully saturated rings. The van der Waals surface area contributed by atoms with E-state index in [2.05, 4.69) is 10.5 Å². The maximum absolute atomic E-state index is 12.8. The van der Waals surface area contributed by atoms with Crippen molar-refractivity contribution in [3.05, 3.63) is 46.3 Å². The molecule has 2 aromatic rings. The molecular weight excluding hydrogens is 390 g/mol. The van der Waals surface area contributed by atoms with Crippen molar-refractivity contribution < 1.29 is 17.7 Å². The molecule has 1 aliphatic heterocycles. The number of amides is 1. The second-order valence-corrected chi connectivity index (χ2v) is 8.92. The predicted molar refractivity (Wildman–Crippen MR) is 101 cm³/mol. The van der Waals surface area contributed by atoms with E-state index in [0.717, 1.165) is 5.56 Å². The fourth-order valence-electron chi connectivity index (χ4n) is 3.30. The highest BCUT2D eigenvalue weighted by atomic mass is 35.5. The summed E-state index contributed by atoms with van der Waals surface area (Å²) in [6.45, 7) is 4.13. The topological polar surface area (TPSA) is 92.5 Å². The highest BCUT2D eigenvalue weighted by Gasteiger charge is 2.35. The molecule has 0 atom stereocenters. The van der Waals surface area contributed by atoms with Gasteiger partial charge in [-0.2, -0.15) is 4.31 Å². The summed E-state index contributed by atoms with van der Waals surface area (Å²) >= 11 is 6.10. The number of aromatic nitrogens is 1. The molecule has 0 unspecified atom stereocenters. The Labute approximate surface area is 163 Å². The molecule has 2 heterocycles. The smallest absolute Gasteiger partial charge is 0.248 e. The van der Waals surface area contributed by atoms with Gasteiger partial charge < -0.3 is 9.84 Å². The number of sulfonamides is 1. The molecule has 3 rings (SSSR count). The van der Waals surface area contributed by atoms with Crippen LogP contribution < -0.4 is 5.32 Å². The zero-order valence-electron chi connectivity index (χ0n) is 15.2. The van der Waals surface area contributed by atoms with Gasteiger partial charge in [-0.05, 0) is 38.3 Å². The van der Waals surface area contributed by atoms with Gasteiger partial charge in [-0.15, -0.1) is 0 Å². The highest BCUT2D eigenvalue weighted by Crippen LogP contribution is 2.27. The summed E-state index contributed by atoms with van der Waals surface area (Å²) in [5, 5.41) is 7.23. The minimum absolute atomic E-state index is 0.0793. The lowest BCUT2D eigenvalue weighted by atomic mass is 9.97. The first kappa shape index (κ1) is 19.9. The van der Waals surface area contributed by atoms with E-state index in [9.17, 15) is 13.2 Å². The number of hydrogen-bond acceptors (Lipinski definition) is 5. The maximum Gasteiger partial charge on any atom is 0.248 e. The largest absolute Gasteiger partial charge is 0.360 e. The van der Waals surface area contributed by atoms with Crippen LogP contribution in [0.1, 0.15) is 29.9 Å². The van der Waals surface area contributed by atoms with Gasteiger partial charge in [-0.25, -0.2) is 8.42 Å². The van der Waals surface area contributed by atoms with Gasteiger partial charge in [0.05, 0.1) is 0 Å². The Bertz CT molecular complexity index is 914. The summed E-state index contributed by atoms with van der Waals surface area (Å²) < 4.78 is 32.0. The molecule has 0 spiro atoms. The summed E-state index contributed by atoms with van der Waals surface area (Å²) in [5.41, 5.74) is 1.21. The van der Waals surface area contributed by atoms with Crippen molar-refractivity contribution in [2.45, 2.75) is 38.1 Å². The molecule has 0 aliphatic carbocycles. The number of nitrogens with one attached hydrogen (secondary N) is 1. The molecule has 0 bridgehead atoms. The van der Waals surface area contributed by atoms with Gasteiger partial charge in [0.2, 0.25) is 15.9 Å². The van der Waals surface area contributed by atoms with E-state index in [1.165, 1.54) is 4.31 Å². The van der Waals surface area contributed by atoms with E-state index in [4.69, 9.17) is 16.1 Å². The fourth-order valence-corrected chi connectivity index (χ4v) is 5.26. The lowest BCUT2D eigenvalue weighted by molar-refractivity contribution is -0.126. The molecule has 0 saturated carbocycles. The fraction of sp³-hybridized carbons (Fsp3) is 0.444. The van der Waals surface area contributed by atoms with Crippen molar-refractivity contribution >= 4 is 27.5 Å².